The average molecular weight is 261 g/mol. The molecule has 0 aliphatic heterocycles. The molecule has 1 atom stereocenters. The van der Waals surface area contributed by atoms with Crippen LogP contribution in [0.2, 0.25) is 0 Å². The average Bonchev–Trinajstić information content (AvgIpc) is 2.85. The summed E-state index contributed by atoms with van der Waals surface area (Å²) >= 11 is 0. The molecular formula is C13H19N5O. The standard InChI is InChI=1S/C13H19N5O/c1-8(2)10(14-4)5-11-17-13(18-19-11)12-15-6-9(3)7-16-12/h6-8,10,14H,5H2,1-4H3. The highest BCUT2D eigenvalue weighted by atomic mass is 16.5. The molecule has 0 radical (unpaired) electrons. The quantitative estimate of drug-likeness (QED) is 0.881. The molecule has 0 bridgehead atoms. The molecule has 2 aromatic rings. The minimum Gasteiger partial charge on any atom is -0.339 e. The van der Waals surface area contributed by atoms with Crippen LogP contribution in [0.3, 0.4) is 0 Å². The number of likely N-dealkylation sites (N-methyl/N-ethyl adjacent to an activating group) is 1. The van der Waals surface area contributed by atoms with Crippen LogP contribution in [0.1, 0.15) is 25.3 Å². The molecule has 1 N–H and O–H groups in total. The molecule has 1 unspecified atom stereocenters. The minimum atomic E-state index is 0.312. The third-order valence-electron chi connectivity index (χ3n) is 3.02. The molecule has 0 spiro atoms. The maximum Gasteiger partial charge on any atom is 0.240 e. The predicted octanol–water partition coefficient (Wildman–Crippen LogP) is 1.62. The Kier molecular flexibility index (Phi) is 4.21. The molecule has 6 nitrogen and oxygen atoms in total. The SMILES string of the molecule is CNC(Cc1nc(-c2ncc(C)cn2)no1)C(C)C. The van der Waals surface area contributed by atoms with Gasteiger partial charge < -0.3 is 9.84 Å². The molecule has 6 heteroatoms. The smallest absolute Gasteiger partial charge is 0.240 e. The molecule has 0 amide bonds. The van der Waals surface area contributed by atoms with Crippen LogP contribution in [0.15, 0.2) is 16.9 Å². The van der Waals surface area contributed by atoms with Gasteiger partial charge in [-0.2, -0.15) is 4.98 Å². The predicted molar refractivity (Wildman–Crippen MR) is 71.5 cm³/mol. The van der Waals surface area contributed by atoms with Crippen LogP contribution in [0.25, 0.3) is 11.6 Å². The summed E-state index contributed by atoms with van der Waals surface area (Å²) in [6.07, 6.45) is 4.18. The van der Waals surface area contributed by atoms with Crippen molar-refractivity contribution >= 4 is 0 Å². The summed E-state index contributed by atoms with van der Waals surface area (Å²) in [5.41, 5.74) is 1.00. The van der Waals surface area contributed by atoms with Crippen LogP contribution in [-0.2, 0) is 6.42 Å². The van der Waals surface area contributed by atoms with Gasteiger partial charge in [0.15, 0.2) is 0 Å². The van der Waals surface area contributed by atoms with E-state index in [0.717, 1.165) is 5.56 Å². The van der Waals surface area contributed by atoms with Crippen molar-refractivity contribution in [1.29, 1.82) is 0 Å². The molecule has 0 aromatic carbocycles. The number of nitrogens with zero attached hydrogens (tertiary/aromatic N) is 4. The lowest BCUT2D eigenvalue weighted by atomic mass is 10.0. The number of aryl methyl sites for hydroxylation is 1. The second-order valence-electron chi connectivity index (χ2n) is 4.94. The number of rotatable bonds is 5. The van der Waals surface area contributed by atoms with Crippen LogP contribution >= 0.6 is 0 Å². The fraction of sp³-hybridized carbons (Fsp3) is 0.538. The van der Waals surface area contributed by atoms with Crippen LogP contribution in [0.5, 0.6) is 0 Å². The Morgan fingerprint density at radius 1 is 1.21 bits per heavy atom. The first-order valence-corrected chi connectivity index (χ1v) is 6.39. The summed E-state index contributed by atoms with van der Waals surface area (Å²) in [4.78, 5) is 12.7. The number of hydrogen-bond donors (Lipinski definition) is 1. The van der Waals surface area contributed by atoms with Gasteiger partial charge in [-0.3, -0.25) is 0 Å². The van der Waals surface area contributed by atoms with Gasteiger partial charge >= 0.3 is 0 Å². The van der Waals surface area contributed by atoms with Gasteiger partial charge in [-0.15, -0.1) is 0 Å². The van der Waals surface area contributed by atoms with Gasteiger partial charge in [0.05, 0.1) is 0 Å². The van der Waals surface area contributed by atoms with Crippen LogP contribution < -0.4 is 5.32 Å². The monoisotopic (exact) mass is 261 g/mol. The van der Waals surface area contributed by atoms with Crippen molar-refractivity contribution < 1.29 is 4.52 Å². The molecule has 0 fully saturated rings. The summed E-state index contributed by atoms with van der Waals surface area (Å²) in [7, 11) is 1.94. The zero-order valence-corrected chi connectivity index (χ0v) is 11.7. The highest BCUT2D eigenvalue weighted by Crippen LogP contribution is 2.13. The fourth-order valence-corrected chi connectivity index (χ4v) is 1.80. The maximum atomic E-state index is 5.25. The van der Waals surface area contributed by atoms with E-state index in [1.54, 1.807) is 12.4 Å². The van der Waals surface area contributed by atoms with Gasteiger partial charge in [-0.1, -0.05) is 19.0 Å². The number of aromatic nitrogens is 4. The lowest BCUT2D eigenvalue weighted by molar-refractivity contribution is 0.335. The van der Waals surface area contributed by atoms with Crippen molar-refractivity contribution in [3.63, 3.8) is 0 Å². The second-order valence-corrected chi connectivity index (χ2v) is 4.94. The van der Waals surface area contributed by atoms with E-state index in [9.17, 15) is 0 Å². The van der Waals surface area contributed by atoms with Gasteiger partial charge in [0, 0.05) is 24.9 Å². The van der Waals surface area contributed by atoms with Gasteiger partial charge in [0.1, 0.15) is 0 Å². The number of hydrogen-bond acceptors (Lipinski definition) is 6. The molecule has 19 heavy (non-hydrogen) atoms. The molecule has 0 saturated carbocycles. The summed E-state index contributed by atoms with van der Waals surface area (Å²) in [5.74, 6) is 2.03. The zero-order chi connectivity index (χ0) is 13.8. The Morgan fingerprint density at radius 3 is 2.47 bits per heavy atom. The van der Waals surface area contributed by atoms with E-state index in [2.05, 4.69) is 39.3 Å². The van der Waals surface area contributed by atoms with E-state index in [1.165, 1.54) is 0 Å². The van der Waals surface area contributed by atoms with Crippen molar-refractivity contribution in [1.82, 2.24) is 25.4 Å². The Morgan fingerprint density at radius 2 is 1.89 bits per heavy atom. The third kappa shape index (κ3) is 3.35. The molecule has 0 saturated heterocycles. The van der Waals surface area contributed by atoms with Gasteiger partial charge in [-0.25, -0.2) is 9.97 Å². The van der Waals surface area contributed by atoms with Crippen LogP contribution in [0, 0.1) is 12.8 Å². The summed E-state index contributed by atoms with van der Waals surface area (Å²) < 4.78 is 5.25. The van der Waals surface area contributed by atoms with Crippen molar-refractivity contribution in [2.75, 3.05) is 7.05 Å². The van der Waals surface area contributed by atoms with Crippen molar-refractivity contribution in [2.24, 2.45) is 5.92 Å². The van der Waals surface area contributed by atoms with Crippen molar-refractivity contribution in [2.45, 2.75) is 33.2 Å². The largest absolute Gasteiger partial charge is 0.339 e. The summed E-state index contributed by atoms with van der Waals surface area (Å²) in [6, 6.07) is 0.312. The maximum absolute atomic E-state index is 5.25. The highest BCUT2D eigenvalue weighted by molar-refractivity contribution is 5.40. The zero-order valence-electron chi connectivity index (χ0n) is 11.7. The fourth-order valence-electron chi connectivity index (χ4n) is 1.80. The first kappa shape index (κ1) is 13.6. The van der Waals surface area contributed by atoms with E-state index in [0.29, 0.717) is 35.9 Å². The lowest BCUT2D eigenvalue weighted by Crippen LogP contribution is -2.32. The van der Waals surface area contributed by atoms with E-state index < -0.39 is 0 Å². The number of nitrogens with one attached hydrogen (secondary N) is 1. The molecule has 2 heterocycles. The second kappa shape index (κ2) is 5.88. The Hall–Kier alpha value is -1.82. The first-order chi connectivity index (χ1) is 9.10. The van der Waals surface area contributed by atoms with Gasteiger partial charge in [-0.05, 0) is 25.5 Å². The van der Waals surface area contributed by atoms with Gasteiger partial charge in [0.25, 0.3) is 0 Å². The Bertz CT molecular complexity index is 520. The van der Waals surface area contributed by atoms with Crippen molar-refractivity contribution in [3.8, 4) is 11.6 Å². The molecule has 2 rings (SSSR count). The Labute approximate surface area is 112 Å². The Balaban J connectivity index is 2.12. The summed E-state index contributed by atoms with van der Waals surface area (Å²) in [5, 5.41) is 7.17. The molecule has 0 aliphatic rings. The van der Waals surface area contributed by atoms with E-state index in [4.69, 9.17) is 4.52 Å². The highest BCUT2D eigenvalue weighted by Gasteiger charge is 2.17. The minimum absolute atomic E-state index is 0.312. The van der Waals surface area contributed by atoms with Gasteiger partial charge in [0.2, 0.25) is 17.5 Å². The van der Waals surface area contributed by atoms with Crippen LogP contribution in [-0.4, -0.2) is 33.2 Å². The normalized spacial score (nSPS) is 12.9. The molecule has 102 valence electrons. The van der Waals surface area contributed by atoms with Crippen LogP contribution in [0.4, 0.5) is 0 Å². The van der Waals surface area contributed by atoms with E-state index in [1.807, 2.05) is 14.0 Å². The summed E-state index contributed by atoms with van der Waals surface area (Å²) in [6.45, 7) is 6.24. The molecular weight excluding hydrogens is 242 g/mol. The first-order valence-electron chi connectivity index (χ1n) is 6.39. The van der Waals surface area contributed by atoms with Crippen molar-refractivity contribution in [3.05, 3.63) is 23.8 Å². The van der Waals surface area contributed by atoms with E-state index in [-0.39, 0.29) is 0 Å². The molecule has 2 aromatic heterocycles. The topological polar surface area (TPSA) is 76.7 Å². The third-order valence-corrected chi connectivity index (χ3v) is 3.02. The lowest BCUT2D eigenvalue weighted by Gasteiger charge is -2.17. The van der Waals surface area contributed by atoms with E-state index >= 15 is 0 Å². The molecule has 0 aliphatic carbocycles.